The normalized spacial score (nSPS) is 10.7. The lowest BCUT2D eigenvalue weighted by molar-refractivity contribution is 0.102. The monoisotopic (exact) mass is 285 g/mol. The van der Waals surface area contributed by atoms with Crippen molar-refractivity contribution in [2.24, 2.45) is 0 Å². The van der Waals surface area contributed by atoms with Crippen LogP contribution >= 0.6 is 11.3 Å². The van der Waals surface area contributed by atoms with Crippen LogP contribution < -0.4 is 11.1 Å². The van der Waals surface area contributed by atoms with Crippen LogP contribution in [-0.4, -0.2) is 20.9 Å². The van der Waals surface area contributed by atoms with E-state index >= 15 is 0 Å². The van der Waals surface area contributed by atoms with Crippen LogP contribution in [0.15, 0.2) is 30.7 Å². The smallest absolute Gasteiger partial charge is 0.260 e. The Morgan fingerprint density at radius 3 is 3.05 bits per heavy atom. The molecule has 2 heterocycles. The van der Waals surface area contributed by atoms with Gasteiger partial charge in [-0.1, -0.05) is 11.3 Å². The molecular weight excluding hydrogens is 274 g/mol. The van der Waals surface area contributed by atoms with Crippen LogP contribution in [0.5, 0.6) is 0 Å². The molecule has 3 rings (SSSR count). The van der Waals surface area contributed by atoms with E-state index in [9.17, 15) is 4.79 Å². The first-order chi connectivity index (χ1) is 9.63. The minimum absolute atomic E-state index is 0.268. The molecule has 0 spiro atoms. The summed E-state index contributed by atoms with van der Waals surface area (Å²) in [6, 6.07) is 5.44. The number of nitrogens with two attached hydrogens (primary N) is 1. The molecule has 0 aliphatic carbocycles. The van der Waals surface area contributed by atoms with Crippen molar-refractivity contribution in [1.29, 1.82) is 0 Å². The molecule has 0 saturated heterocycles. The van der Waals surface area contributed by atoms with E-state index in [0.29, 0.717) is 22.1 Å². The van der Waals surface area contributed by atoms with Gasteiger partial charge in [0.1, 0.15) is 6.33 Å². The summed E-state index contributed by atoms with van der Waals surface area (Å²) < 4.78 is 0.932. The summed E-state index contributed by atoms with van der Waals surface area (Å²) in [4.78, 5) is 24.3. The van der Waals surface area contributed by atoms with E-state index in [1.807, 2.05) is 12.1 Å². The fourth-order valence-corrected chi connectivity index (χ4v) is 2.68. The number of rotatable bonds is 2. The van der Waals surface area contributed by atoms with Gasteiger partial charge in [-0.2, -0.15) is 0 Å². The van der Waals surface area contributed by atoms with Crippen molar-refractivity contribution in [3.8, 4) is 0 Å². The van der Waals surface area contributed by atoms with Gasteiger partial charge in [0.25, 0.3) is 5.91 Å². The van der Waals surface area contributed by atoms with Gasteiger partial charge in [-0.25, -0.2) is 15.0 Å². The molecule has 0 aliphatic heterocycles. The standard InChI is InChI=1S/C13H11N5OS/c1-7-9(5-15-6-16-7)12(19)18-13-17-10-3-2-8(14)4-11(10)20-13/h2-6H,14H2,1H3,(H,17,18,19). The number of anilines is 2. The minimum atomic E-state index is -0.268. The van der Waals surface area contributed by atoms with Crippen molar-refractivity contribution in [3.63, 3.8) is 0 Å². The van der Waals surface area contributed by atoms with Crippen molar-refractivity contribution in [1.82, 2.24) is 15.0 Å². The van der Waals surface area contributed by atoms with Crippen molar-refractivity contribution in [2.75, 3.05) is 11.1 Å². The van der Waals surface area contributed by atoms with Crippen LogP contribution in [0.3, 0.4) is 0 Å². The Kier molecular flexibility index (Phi) is 3.03. The number of hydrogen-bond donors (Lipinski definition) is 2. The number of carbonyl (C=O) groups is 1. The van der Waals surface area contributed by atoms with Gasteiger partial charge in [0, 0.05) is 11.9 Å². The molecular formula is C13H11N5OS. The third kappa shape index (κ3) is 2.30. The Hall–Kier alpha value is -2.54. The van der Waals surface area contributed by atoms with Crippen LogP contribution in [0.1, 0.15) is 16.1 Å². The maximum Gasteiger partial charge on any atom is 0.260 e. The van der Waals surface area contributed by atoms with Crippen LogP contribution in [0.4, 0.5) is 10.8 Å². The molecule has 0 unspecified atom stereocenters. The highest BCUT2D eigenvalue weighted by molar-refractivity contribution is 7.22. The van der Waals surface area contributed by atoms with E-state index in [1.165, 1.54) is 23.9 Å². The van der Waals surface area contributed by atoms with Gasteiger partial charge in [0.05, 0.1) is 21.5 Å². The average molecular weight is 285 g/mol. The summed E-state index contributed by atoms with van der Waals surface area (Å²) in [5, 5.41) is 3.28. The van der Waals surface area contributed by atoms with Crippen molar-refractivity contribution < 1.29 is 4.79 Å². The Balaban J connectivity index is 1.89. The van der Waals surface area contributed by atoms with E-state index in [-0.39, 0.29) is 5.91 Å². The van der Waals surface area contributed by atoms with E-state index in [2.05, 4.69) is 20.3 Å². The second-order valence-electron chi connectivity index (χ2n) is 4.22. The first-order valence-corrected chi connectivity index (χ1v) is 6.69. The maximum atomic E-state index is 12.1. The lowest BCUT2D eigenvalue weighted by Gasteiger charge is -2.02. The fourth-order valence-electron chi connectivity index (χ4n) is 1.77. The number of nitrogens with one attached hydrogen (secondary N) is 1. The second-order valence-corrected chi connectivity index (χ2v) is 5.25. The highest BCUT2D eigenvalue weighted by atomic mass is 32.1. The molecule has 1 aromatic carbocycles. The molecule has 20 heavy (non-hydrogen) atoms. The van der Waals surface area contributed by atoms with Gasteiger partial charge in [0.15, 0.2) is 5.13 Å². The average Bonchev–Trinajstić information content (AvgIpc) is 2.80. The first kappa shape index (κ1) is 12.5. The Bertz CT molecular complexity index is 798. The molecule has 2 aromatic heterocycles. The molecule has 0 atom stereocenters. The number of hydrogen-bond acceptors (Lipinski definition) is 6. The molecule has 0 aliphatic rings. The molecule has 0 bridgehead atoms. The quantitative estimate of drug-likeness (QED) is 0.704. The predicted octanol–water partition coefficient (Wildman–Crippen LogP) is 2.23. The largest absolute Gasteiger partial charge is 0.399 e. The number of nitrogens with zero attached hydrogens (tertiary/aromatic N) is 3. The Morgan fingerprint density at radius 2 is 2.25 bits per heavy atom. The number of aryl methyl sites for hydroxylation is 1. The summed E-state index contributed by atoms with van der Waals surface area (Å²) in [7, 11) is 0. The third-order valence-corrected chi connectivity index (χ3v) is 3.72. The lowest BCUT2D eigenvalue weighted by atomic mass is 10.2. The maximum absolute atomic E-state index is 12.1. The number of amides is 1. The summed E-state index contributed by atoms with van der Waals surface area (Å²) in [6.07, 6.45) is 2.90. The summed E-state index contributed by atoms with van der Waals surface area (Å²) >= 11 is 1.38. The number of carbonyl (C=O) groups excluding carboxylic acids is 1. The van der Waals surface area contributed by atoms with Crippen LogP contribution in [0.2, 0.25) is 0 Å². The van der Waals surface area contributed by atoms with E-state index < -0.39 is 0 Å². The molecule has 6 nitrogen and oxygen atoms in total. The van der Waals surface area contributed by atoms with Gasteiger partial charge < -0.3 is 5.73 Å². The topological polar surface area (TPSA) is 93.8 Å². The van der Waals surface area contributed by atoms with E-state index in [0.717, 1.165) is 10.2 Å². The molecule has 0 saturated carbocycles. The Labute approximate surface area is 118 Å². The first-order valence-electron chi connectivity index (χ1n) is 5.87. The number of nitrogen functional groups attached to an aromatic ring is 1. The van der Waals surface area contributed by atoms with Crippen LogP contribution in [0.25, 0.3) is 10.2 Å². The predicted molar refractivity (Wildman–Crippen MR) is 78.8 cm³/mol. The summed E-state index contributed by atoms with van der Waals surface area (Å²) in [6.45, 7) is 1.76. The zero-order valence-corrected chi connectivity index (χ0v) is 11.4. The van der Waals surface area contributed by atoms with E-state index in [4.69, 9.17) is 5.73 Å². The number of aromatic nitrogens is 3. The fraction of sp³-hybridized carbons (Fsp3) is 0.0769. The molecule has 3 N–H and O–H groups in total. The van der Waals surface area contributed by atoms with Gasteiger partial charge in [0.2, 0.25) is 0 Å². The zero-order valence-electron chi connectivity index (χ0n) is 10.6. The van der Waals surface area contributed by atoms with Gasteiger partial charge in [-0.3, -0.25) is 10.1 Å². The van der Waals surface area contributed by atoms with Gasteiger partial charge in [-0.15, -0.1) is 0 Å². The molecule has 1 amide bonds. The molecule has 0 radical (unpaired) electrons. The molecule has 3 aromatic rings. The van der Waals surface area contributed by atoms with Gasteiger partial charge >= 0.3 is 0 Å². The highest BCUT2D eigenvalue weighted by Crippen LogP contribution is 2.27. The molecule has 100 valence electrons. The third-order valence-electron chi connectivity index (χ3n) is 2.79. The Morgan fingerprint density at radius 1 is 1.40 bits per heavy atom. The number of benzene rings is 1. The van der Waals surface area contributed by atoms with Crippen LogP contribution in [0, 0.1) is 6.92 Å². The van der Waals surface area contributed by atoms with Gasteiger partial charge in [-0.05, 0) is 25.1 Å². The zero-order chi connectivity index (χ0) is 14.1. The SMILES string of the molecule is Cc1ncncc1C(=O)Nc1nc2ccc(N)cc2s1. The lowest BCUT2D eigenvalue weighted by Crippen LogP contribution is -2.14. The molecule has 7 heteroatoms. The van der Waals surface area contributed by atoms with Crippen LogP contribution in [-0.2, 0) is 0 Å². The van der Waals surface area contributed by atoms with E-state index in [1.54, 1.807) is 13.0 Å². The summed E-state index contributed by atoms with van der Waals surface area (Å²) in [5.74, 6) is -0.268. The van der Waals surface area contributed by atoms with Crippen molar-refractivity contribution in [2.45, 2.75) is 6.92 Å². The number of fused-ring (bicyclic) bond motifs is 1. The minimum Gasteiger partial charge on any atom is -0.399 e. The molecule has 0 fully saturated rings. The second kappa shape index (κ2) is 4.86. The number of thiazole rings is 1. The van der Waals surface area contributed by atoms with Crippen molar-refractivity contribution >= 4 is 38.3 Å². The highest BCUT2D eigenvalue weighted by Gasteiger charge is 2.12. The summed E-state index contributed by atoms with van der Waals surface area (Å²) in [5.41, 5.74) is 8.26. The van der Waals surface area contributed by atoms with Crippen molar-refractivity contribution in [3.05, 3.63) is 42.0 Å².